The van der Waals surface area contributed by atoms with Gasteiger partial charge in [-0.1, -0.05) is 36.4 Å². The van der Waals surface area contributed by atoms with Crippen LogP contribution in [0.1, 0.15) is 28.4 Å². The van der Waals surface area contributed by atoms with E-state index in [0.29, 0.717) is 0 Å². The number of rotatable bonds is 2. The van der Waals surface area contributed by atoms with E-state index in [0.717, 1.165) is 11.1 Å². The molecule has 1 heteroatoms. The highest BCUT2D eigenvalue weighted by Gasteiger charge is 2.07. The monoisotopic (exact) mass is 224 g/mol. The molecule has 0 aliphatic heterocycles. The predicted octanol–water partition coefficient (Wildman–Crippen LogP) is 4.17. The van der Waals surface area contributed by atoms with Crippen LogP contribution in [0.2, 0.25) is 0 Å². The summed E-state index contributed by atoms with van der Waals surface area (Å²) in [6.45, 7) is 5.80. The van der Waals surface area contributed by atoms with Gasteiger partial charge in [0.05, 0.1) is 0 Å². The molecule has 17 heavy (non-hydrogen) atoms. The highest BCUT2D eigenvalue weighted by molar-refractivity contribution is 5.95. The van der Waals surface area contributed by atoms with Gasteiger partial charge in [0.2, 0.25) is 0 Å². The zero-order valence-electron chi connectivity index (χ0n) is 10.4. The quantitative estimate of drug-likeness (QED) is 0.699. The van der Waals surface area contributed by atoms with Crippen LogP contribution in [-0.2, 0) is 0 Å². The van der Waals surface area contributed by atoms with E-state index in [4.69, 9.17) is 0 Å². The zero-order valence-corrected chi connectivity index (χ0v) is 10.4. The van der Waals surface area contributed by atoms with E-state index in [1.54, 1.807) is 6.92 Å². The fourth-order valence-corrected chi connectivity index (χ4v) is 2.16. The molecule has 1 nitrogen and oxygen atoms in total. The van der Waals surface area contributed by atoms with Crippen molar-refractivity contribution in [3.63, 3.8) is 0 Å². The maximum absolute atomic E-state index is 11.4. The molecule has 0 N–H and O–H groups in total. The number of hydrogen-bond acceptors (Lipinski definition) is 1. The molecule has 0 heterocycles. The van der Waals surface area contributed by atoms with Crippen molar-refractivity contribution in [2.24, 2.45) is 0 Å². The van der Waals surface area contributed by atoms with E-state index in [2.05, 4.69) is 38.1 Å². The standard InChI is InChI=1S/C16H16O/c1-11-6-4-7-12(2)16(11)15-9-5-8-14(10-15)13(3)17/h4-10H,1-3H3. The third kappa shape index (κ3) is 2.28. The average molecular weight is 224 g/mol. The van der Waals surface area contributed by atoms with Gasteiger partial charge in [-0.15, -0.1) is 0 Å². The topological polar surface area (TPSA) is 17.1 Å². The fourth-order valence-electron chi connectivity index (χ4n) is 2.16. The second-order valence-corrected chi connectivity index (χ2v) is 4.40. The van der Waals surface area contributed by atoms with Crippen LogP contribution in [0.5, 0.6) is 0 Å². The second kappa shape index (κ2) is 4.54. The van der Waals surface area contributed by atoms with Crippen molar-refractivity contribution in [1.29, 1.82) is 0 Å². The highest BCUT2D eigenvalue weighted by Crippen LogP contribution is 2.27. The van der Waals surface area contributed by atoms with Gasteiger partial charge in [0.25, 0.3) is 0 Å². The minimum atomic E-state index is 0.109. The van der Waals surface area contributed by atoms with Gasteiger partial charge in [-0.2, -0.15) is 0 Å². The summed E-state index contributed by atoms with van der Waals surface area (Å²) in [5.41, 5.74) is 5.60. The zero-order chi connectivity index (χ0) is 12.4. The highest BCUT2D eigenvalue weighted by atomic mass is 16.1. The molecule has 0 saturated heterocycles. The smallest absolute Gasteiger partial charge is 0.159 e. The number of ketones is 1. The first-order valence-electron chi connectivity index (χ1n) is 5.77. The number of benzene rings is 2. The minimum absolute atomic E-state index is 0.109. The lowest BCUT2D eigenvalue weighted by Gasteiger charge is -2.10. The van der Waals surface area contributed by atoms with Crippen LogP contribution in [0, 0.1) is 13.8 Å². The maximum atomic E-state index is 11.4. The summed E-state index contributed by atoms with van der Waals surface area (Å²) >= 11 is 0. The molecule has 86 valence electrons. The average Bonchev–Trinajstić information content (AvgIpc) is 2.29. The second-order valence-electron chi connectivity index (χ2n) is 4.40. The summed E-state index contributed by atoms with van der Waals surface area (Å²) < 4.78 is 0. The van der Waals surface area contributed by atoms with E-state index in [1.165, 1.54) is 16.7 Å². The summed E-state index contributed by atoms with van der Waals surface area (Å²) in [5.74, 6) is 0.109. The van der Waals surface area contributed by atoms with Crippen molar-refractivity contribution >= 4 is 5.78 Å². The van der Waals surface area contributed by atoms with Gasteiger partial charge in [-0.05, 0) is 49.1 Å². The van der Waals surface area contributed by atoms with Gasteiger partial charge in [-0.25, -0.2) is 0 Å². The first-order valence-corrected chi connectivity index (χ1v) is 5.77. The third-order valence-electron chi connectivity index (χ3n) is 3.04. The summed E-state index contributed by atoms with van der Waals surface area (Å²) in [5, 5.41) is 0. The van der Waals surface area contributed by atoms with Gasteiger partial charge in [0, 0.05) is 5.56 Å². The fraction of sp³-hybridized carbons (Fsp3) is 0.188. The van der Waals surface area contributed by atoms with Crippen LogP contribution in [0.3, 0.4) is 0 Å². The first-order chi connectivity index (χ1) is 8.09. The third-order valence-corrected chi connectivity index (χ3v) is 3.04. The Morgan fingerprint density at radius 2 is 1.53 bits per heavy atom. The van der Waals surface area contributed by atoms with Gasteiger partial charge >= 0.3 is 0 Å². The molecule has 0 saturated carbocycles. The maximum Gasteiger partial charge on any atom is 0.159 e. The minimum Gasteiger partial charge on any atom is -0.295 e. The molecule has 0 radical (unpaired) electrons. The SMILES string of the molecule is CC(=O)c1cccc(-c2c(C)cccc2C)c1. The molecule has 2 rings (SSSR count). The lowest BCUT2D eigenvalue weighted by molar-refractivity contribution is 0.101. The van der Waals surface area contributed by atoms with Crippen LogP contribution in [0.25, 0.3) is 11.1 Å². The molecule has 0 bridgehead atoms. The van der Waals surface area contributed by atoms with Crippen LogP contribution >= 0.6 is 0 Å². The summed E-state index contributed by atoms with van der Waals surface area (Å²) in [6, 6.07) is 14.1. The molecular formula is C16H16O. The Kier molecular flexibility index (Phi) is 3.10. The van der Waals surface area contributed by atoms with Crippen molar-refractivity contribution in [2.45, 2.75) is 20.8 Å². The normalized spacial score (nSPS) is 10.3. The Labute approximate surface area is 102 Å². The number of Topliss-reactive ketones (excluding diaryl/α,β-unsaturated/α-hetero) is 1. The van der Waals surface area contributed by atoms with Crippen LogP contribution in [0.4, 0.5) is 0 Å². The Morgan fingerprint density at radius 3 is 2.12 bits per heavy atom. The Morgan fingerprint density at radius 1 is 0.941 bits per heavy atom. The molecule has 0 fully saturated rings. The Bertz CT molecular complexity index is 547. The van der Waals surface area contributed by atoms with E-state index >= 15 is 0 Å². The molecule has 0 aliphatic rings. The van der Waals surface area contributed by atoms with Crippen molar-refractivity contribution in [3.05, 3.63) is 59.2 Å². The van der Waals surface area contributed by atoms with E-state index in [9.17, 15) is 4.79 Å². The van der Waals surface area contributed by atoms with Gasteiger partial charge in [0.1, 0.15) is 0 Å². The molecule has 2 aromatic rings. The molecule has 0 spiro atoms. The van der Waals surface area contributed by atoms with E-state index in [-0.39, 0.29) is 5.78 Å². The summed E-state index contributed by atoms with van der Waals surface area (Å²) in [6.07, 6.45) is 0. The molecule has 0 aliphatic carbocycles. The van der Waals surface area contributed by atoms with Gasteiger partial charge < -0.3 is 0 Å². The van der Waals surface area contributed by atoms with Crippen LogP contribution in [-0.4, -0.2) is 5.78 Å². The molecule has 0 atom stereocenters. The Hall–Kier alpha value is -1.89. The predicted molar refractivity (Wildman–Crippen MR) is 71.4 cm³/mol. The Balaban J connectivity index is 2.61. The van der Waals surface area contributed by atoms with Crippen molar-refractivity contribution < 1.29 is 4.79 Å². The van der Waals surface area contributed by atoms with Crippen molar-refractivity contribution in [3.8, 4) is 11.1 Å². The molecule has 0 aromatic heterocycles. The van der Waals surface area contributed by atoms with E-state index < -0.39 is 0 Å². The first kappa shape index (κ1) is 11.6. The summed E-state index contributed by atoms with van der Waals surface area (Å²) in [7, 11) is 0. The lowest BCUT2D eigenvalue weighted by atomic mass is 9.94. The number of carbonyl (C=O) groups is 1. The van der Waals surface area contributed by atoms with Crippen LogP contribution < -0.4 is 0 Å². The van der Waals surface area contributed by atoms with Gasteiger partial charge in [0.15, 0.2) is 5.78 Å². The van der Waals surface area contributed by atoms with E-state index in [1.807, 2.05) is 18.2 Å². The molecule has 0 amide bonds. The summed E-state index contributed by atoms with van der Waals surface area (Å²) in [4.78, 5) is 11.4. The lowest BCUT2D eigenvalue weighted by Crippen LogP contribution is -1.93. The molecule has 2 aromatic carbocycles. The van der Waals surface area contributed by atoms with Crippen molar-refractivity contribution in [2.75, 3.05) is 0 Å². The van der Waals surface area contributed by atoms with Gasteiger partial charge in [-0.3, -0.25) is 4.79 Å². The number of hydrogen-bond donors (Lipinski definition) is 0. The molecule has 0 unspecified atom stereocenters. The largest absolute Gasteiger partial charge is 0.295 e. The van der Waals surface area contributed by atoms with Crippen LogP contribution in [0.15, 0.2) is 42.5 Å². The number of carbonyl (C=O) groups excluding carboxylic acids is 1. The molecular weight excluding hydrogens is 208 g/mol. The van der Waals surface area contributed by atoms with Crippen molar-refractivity contribution in [1.82, 2.24) is 0 Å². The number of aryl methyl sites for hydroxylation is 2.